The fourth-order valence-corrected chi connectivity index (χ4v) is 3.51. The van der Waals surface area contributed by atoms with E-state index < -0.39 is 5.60 Å². The zero-order chi connectivity index (χ0) is 22.3. The van der Waals surface area contributed by atoms with E-state index in [2.05, 4.69) is 49.1 Å². The van der Waals surface area contributed by atoms with Crippen LogP contribution in [-0.2, 0) is 24.2 Å². The van der Waals surface area contributed by atoms with Crippen LogP contribution in [0, 0.1) is 5.92 Å². The van der Waals surface area contributed by atoms with E-state index in [-0.39, 0.29) is 36.1 Å². The molecule has 2 rings (SSSR count). The average Bonchev–Trinajstić information content (AvgIpc) is 3.07. The number of carbonyl (C=O) groups excluding carboxylic acids is 1. The molecule has 1 amide bonds. The number of fused-ring (bicyclic) bond motifs is 1. The Morgan fingerprint density at radius 3 is 2.61 bits per heavy atom. The Kier molecular flexibility index (Phi) is 11.0. The average molecular weight is 550 g/mol. The Hall–Kier alpha value is -1.59. The minimum absolute atomic E-state index is 0. The van der Waals surface area contributed by atoms with Crippen molar-refractivity contribution in [2.45, 2.75) is 85.0 Å². The second-order valence-electron chi connectivity index (χ2n) is 9.25. The number of aliphatic imine (C=N–C) groups is 1. The third kappa shape index (κ3) is 8.82. The molecule has 0 spiro atoms. The highest BCUT2D eigenvalue weighted by Gasteiger charge is 2.22. The molecule has 9 nitrogen and oxygen atoms in total. The first-order chi connectivity index (χ1) is 14.1. The van der Waals surface area contributed by atoms with Crippen molar-refractivity contribution < 1.29 is 9.53 Å². The smallest absolute Gasteiger partial charge is 0.407 e. The summed E-state index contributed by atoms with van der Waals surface area (Å²) < 4.78 is 7.62. The number of ether oxygens (including phenoxy) is 1. The summed E-state index contributed by atoms with van der Waals surface area (Å²) in [6, 6.07) is 0.0175. The molecule has 178 valence electrons. The molecule has 1 aliphatic heterocycles. The van der Waals surface area contributed by atoms with Crippen molar-refractivity contribution in [2.75, 3.05) is 20.6 Å². The van der Waals surface area contributed by atoms with Gasteiger partial charge in [-0.2, -0.15) is 0 Å². The highest BCUT2D eigenvalue weighted by Crippen LogP contribution is 2.14. The van der Waals surface area contributed by atoms with E-state index in [1.54, 1.807) is 7.05 Å². The molecule has 0 aromatic carbocycles. The van der Waals surface area contributed by atoms with Gasteiger partial charge in [0.2, 0.25) is 0 Å². The van der Waals surface area contributed by atoms with Gasteiger partial charge < -0.3 is 24.8 Å². The lowest BCUT2D eigenvalue weighted by Gasteiger charge is -2.28. The Morgan fingerprint density at radius 1 is 1.29 bits per heavy atom. The monoisotopic (exact) mass is 549 g/mol. The van der Waals surface area contributed by atoms with Crippen molar-refractivity contribution in [2.24, 2.45) is 10.9 Å². The molecule has 1 aromatic heterocycles. The summed E-state index contributed by atoms with van der Waals surface area (Å²) in [5, 5.41) is 15.0. The van der Waals surface area contributed by atoms with Gasteiger partial charge in [0.25, 0.3) is 0 Å². The second kappa shape index (κ2) is 12.4. The lowest BCUT2D eigenvalue weighted by atomic mass is 10.0. The lowest BCUT2D eigenvalue weighted by Crippen LogP contribution is -2.45. The molecule has 1 unspecified atom stereocenters. The third-order valence-corrected chi connectivity index (χ3v) is 5.20. The number of hydrogen-bond donors (Lipinski definition) is 2. The van der Waals surface area contributed by atoms with E-state index in [0.29, 0.717) is 12.5 Å². The van der Waals surface area contributed by atoms with Gasteiger partial charge in [0.15, 0.2) is 11.8 Å². The molecule has 0 aliphatic carbocycles. The number of nitrogens with one attached hydrogen (secondary N) is 2. The number of alkyl carbamates (subject to hydrolysis) is 1. The molecule has 0 radical (unpaired) electrons. The molecule has 0 saturated carbocycles. The molecule has 10 heteroatoms. The molecule has 2 heterocycles. The maximum Gasteiger partial charge on any atom is 0.407 e. The van der Waals surface area contributed by atoms with Gasteiger partial charge in [0.1, 0.15) is 11.4 Å². The number of halogens is 1. The number of aryl methyl sites for hydroxylation is 1. The molecular formula is C21H40IN7O2. The number of hydrogen-bond acceptors (Lipinski definition) is 5. The number of guanidine groups is 1. The van der Waals surface area contributed by atoms with Gasteiger partial charge in [-0.25, -0.2) is 4.79 Å². The Labute approximate surface area is 203 Å². The fourth-order valence-electron chi connectivity index (χ4n) is 3.51. The molecule has 0 saturated heterocycles. The van der Waals surface area contributed by atoms with Crippen LogP contribution in [0.5, 0.6) is 0 Å². The summed E-state index contributed by atoms with van der Waals surface area (Å²) >= 11 is 0. The zero-order valence-electron chi connectivity index (χ0n) is 20.1. The minimum Gasteiger partial charge on any atom is -0.444 e. The molecule has 0 fully saturated rings. The molecule has 0 bridgehead atoms. The Morgan fingerprint density at radius 2 is 2.00 bits per heavy atom. The van der Waals surface area contributed by atoms with Crippen molar-refractivity contribution in [3.63, 3.8) is 0 Å². The van der Waals surface area contributed by atoms with Gasteiger partial charge in [-0.1, -0.05) is 13.8 Å². The fraction of sp³-hybridized carbons (Fsp3) is 0.810. The lowest BCUT2D eigenvalue weighted by molar-refractivity contribution is 0.0486. The second-order valence-corrected chi connectivity index (χ2v) is 9.25. The molecule has 1 aliphatic rings. The number of aromatic nitrogens is 3. The predicted octanol–water partition coefficient (Wildman–Crippen LogP) is 3.18. The van der Waals surface area contributed by atoms with Crippen molar-refractivity contribution >= 4 is 36.0 Å². The molecule has 1 atom stereocenters. The number of amides is 1. The van der Waals surface area contributed by atoms with E-state index in [9.17, 15) is 4.79 Å². The van der Waals surface area contributed by atoms with Crippen LogP contribution in [0.1, 0.15) is 65.5 Å². The molecule has 2 N–H and O–H groups in total. The first-order valence-electron chi connectivity index (χ1n) is 10.9. The van der Waals surface area contributed by atoms with Crippen LogP contribution in [0.15, 0.2) is 4.99 Å². The summed E-state index contributed by atoms with van der Waals surface area (Å²) in [6.07, 6.45) is 3.78. The van der Waals surface area contributed by atoms with Gasteiger partial charge in [-0.15, -0.1) is 34.2 Å². The zero-order valence-corrected chi connectivity index (χ0v) is 22.4. The van der Waals surface area contributed by atoms with Gasteiger partial charge in [-0.3, -0.25) is 4.99 Å². The summed E-state index contributed by atoms with van der Waals surface area (Å²) in [6.45, 7) is 12.1. The van der Waals surface area contributed by atoms with E-state index >= 15 is 0 Å². The highest BCUT2D eigenvalue weighted by molar-refractivity contribution is 14.0. The maximum absolute atomic E-state index is 12.2. The van der Waals surface area contributed by atoms with Gasteiger partial charge >= 0.3 is 6.09 Å². The molecule has 31 heavy (non-hydrogen) atoms. The summed E-state index contributed by atoms with van der Waals surface area (Å²) in [5.74, 6) is 3.12. The molecule has 1 aromatic rings. The van der Waals surface area contributed by atoms with E-state index in [4.69, 9.17) is 4.74 Å². The van der Waals surface area contributed by atoms with Crippen molar-refractivity contribution in [1.29, 1.82) is 0 Å². The van der Waals surface area contributed by atoms with Crippen LogP contribution in [0.3, 0.4) is 0 Å². The van der Waals surface area contributed by atoms with Crippen molar-refractivity contribution in [1.82, 2.24) is 30.3 Å². The summed E-state index contributed by atoms with van der Waals surface area (Å²) in [7, 11) is 3.77. The summed E-state index contributed by atoms with van der Waals surface area (Å²) in [5.41, 5.74) is -0.505. The van der Waals surface area contributed by atoms with Crippen LogP contribution in [-0.4, -0.2) is 64.0 Å². The number of rotatable bonds is 7. The minimum atomic E-state index is -0.505. The topological polar surface area (TPSA) is 96.7 Å². The van der Waals surface area contributed by atoms with Crippen LogP contribution >= 0.6 is 24.0 Å². The van der Waals surface area contributed by atoms with Crippen LogP contribution < -0.4 is 10.6 Å². The van der Waals surface area contributed by atoms with Crippen molar-refractivity contribution in [3.05, 3.63) is 11.6 Å². The first kappa shape index (κ1) is 27.4. The third-order valence-electron chi connectivity index (χ3n) is 5.20. The quantitative estimate of drug-likeness (QED) is 0.308. The maximum atomic E-state index is 12.2. The predicted molar refractivity (Wildman–Crippen MR) is 134 cm³/mol. The Balaban J connectivity index is 0.00000480. The van der Waals surface area contributed by atoms with Crippen LogP contribution in [0.25, 0.3) is 0 Å². The van der Waals surface area contributed by atoms with E-state index in [1.807, 2.05) is 27.8 Å². The standard InChI is InChI=1S/C21H39N7O2.HI/c1-15(2)16(24-20(29)30-21(3,4)5)11-13-27(7)19(22-6)23-14-18-26-25-17-10-8-9-12-28(17)18;/h15-16H,8-14H2,1-7H3,(H,22,23)(H,24,29);1H. The van der Waals surface area contributed by atoms with Crippen LogP contribution in [0.4, 0.5) is 4.79 Å². The number of nitrogens with zero attached hydrogens (tertiary/aromatic N) is 5. The Bertz CT molecular complexity index is 728. The SMILES string of the molecule is CN=C(NCc1nnc2n1CCCC2)N(C)CCC(NC(=O)OC(C)(C)C)C(C)C.I. The van der Waals surface area contributed by atoms with Gasteiger partial charge in [0, 0.05) is 39.6 Å². The van der Waals surface area contributed by atoms with E-state index in [0.717, 1.165) is 43.5 Å². The first-order valence-corrected chi connectivity index (χ1v) is 10.9. The van der Waals surface area contributed by atoms with Crippen molar-refractivity contribution in [3.8, 4) is 0 Å². The molecular weight excluding hydrogens is 509 g/mol. The van der Waals surface area contributed by atoms with E-state index in [1.165, 1.54) is 12.8 Å². The summed E-state index contributed by atoms with van der Waals surface area (Å²) in [4.78, 5) is 18.6. The largest absolute Gasteiger partial charge is 0.444 e. The highest BCUT2D eigenvalue weighted by atomic mass is 127. The van der Waals surface area contributed by atoms with Crippen LogP contribution in [0.2, 0.25) is 0 Å². The normalized spacial score (nSPS) is 15.0. The van der Waals surface area contributed by atoms with Gasteiger partial charge in [0.05, 0.1) is 6.54 Å². The number of carbonyl (C=O) groups is 1. The van der Waals surface area contributed by atoms with Gasteiger partial charge in [-0.05, 0) is 46.0 Å².